The number of methoxy groups -OCH3 is 1. The van der Waals surface area contributed by atoms with E-state index in [-0.39, 0.29) is 17.3 Å². The van der Waals surface area contributed by atoms with Gasteiger partial charge < -0.3 is 10.1 Å². The highest BCUT2D eigenvalue weighted by Crippen LogP contribution is 2.24. The first kappa shape index (κ1) is 22.2. The number of rotatable bonds is 7. The third-order valence-electron chi connectivity index (χ3n) is 5.34. The summed E-state index contributed by atoms with van der Waals surface area (Å²) in [5, 5.41) is 2.93. The van der Waals surface area contributed by atoms with Crippen LogP contribution in [0.5, 0.6) is 5.75 Å². The average Bonchev–Trinajstić information content (AvgIpc) is 2.74. The minimum absolute atomic E-state index is 0.0384. The van der Waals surface area contributed by atoms with Crippen LogP contribution in [0, 0.1) is 18.7 Å². The molecule has 1 aliphatic heterocycles. The lowest BCUT2D eigenvalue weighted by molar-refractivity contribution is -0.126. The van der Waals surface area contributed by atoms with Gasteiger partial charge in [0, 0.05) is 19.6 Å². The Balaban J connectivity index is 1.59. The number of carbonyl (C=O) groups excluding carboxylic acids is 1. The number of amides is 1. The van der Waals surface area contributed by atoms with E-state index < -0.39 is 21.8 Å². The molecule has 1 saturated heterocycles. The summed E-state index contributed by atoms with van der Waals surface area (Å²) in [6.45, 7) is 2.92. The van der Waals surface area contributed by atoms with Gasteiger partial charge in [0.1, 0.15) is 11.6 Å². The number of nitrogens with zero attached hydrogens (tertiary/aromatic N) is 1. The zero-order valence-electron chi connectivity index (χ0n) is 17.2. The van der Waals surface area contributed by atoms with Gasteiger partial charge in [-0.25, -0.2) is 12.8 Å². The molecular weight excluding hydrogens is 407 g/mol. The Bertz CT molecular complexity index is 993. The van der Waals surface area contributed by atoms with Crippen LogP contribution >= 0.6 is 0 Å². The monoisotopic (exact) mass is 434 g/mol. The minimum Gasteiger partial charge on any atom is -0.496 e. The van der Waals surface area contributed by atoms with Crippen molar-refractivity contribution >= 4 is 15.9 Å². The van der Waals surface area contributed by atoms with Crippen LogP contribution < -0.4 is 10.1 Å². The first-order chi connectivity index (χ1) is 14.3. The standard InChI is InChI=1S/C22H27FN2O4S/c1-16-5-10-21(29-2)17(14-16)11-12-24-22(26)18-4-3-13-25(15-18)30(27,28)20-8-6-19(23)7-9-20/h5-10,14,18H,3-4,11-13,15H2,1-2H3,(H,24,26). The van der Waals surface area contributed by atoms with E-state index in [0.29, 0.717) is 32.4 Å². The van der Waals surface area contributed by atoms with Gasteiger partial charge in [-0.3, -0.25) is 4.79 Å². The highest BCUT2D eigenvalue weighted by atomic mass is 32.2. The molecular formula is C22H27FN2O4S. The third-order valence-corrected chi connectivity index (χ3v) is 7.22. The molecule has 1 atom stereocenters. The maximum absolute atomic E-state index is 13.1. The molecule has 30 heavy (non-hydrogen) atoms. The fourth-order valence-electron chi connectivity index (χ4n) is 3.70. The van der Waals surface area contributed by atoms with E-state index in [2.05, 4.69) is 5.32 Å². The molecule has 1 heterocycles. The molecule has 0 aromatic heterocycles. The maximum atomic E-state index is 13.1. The van der Waals surface area contributed by atoms with Gasteiger partial charge in [0.25, 0.3) is 0 Å². The summed E-state index contributed by atoms with van der Waals surface area (Å²) in [5.74, 6) is -0.270. The molecule has 1 fully saturated rings. The van der Waals surface area contributed by atoms with Crippen molar-refractivity contribution in [2.75, 3.05) is 26.7 Å². The van der Waals surface area contributed by atoms with Gasteiger partial charge in [0.05, 0.1) is 17.9 Å². The second-order valence-electron chi connectivity index (χ2n) is 7.51. The predicted molar refractivity (Wildman–Crippen MR) is 112 cm³/mol. The van der Waals surface area contributed by atoms with Crippen molar-refractivity contribution in [3.8, 4) is 5.75 Å². The second kappa shape index (κ2) is 9.57. The van der Waals surface area contributed by atoms with Gasteiger partial charge in [0.15, 0.2) is 0 Å². The number of aryl methyl sites for hydroxylation is 1. The predicted octanol–water partition coefficient (Wildman–Crippen LogP) is 2.90. The highest BCUT2D eigenvalue weighted by molar-refractivity contribution is 7.89. The van der Waals surface area contributed by atoms with E-state index in [1.165, 1.54) is 16.4 Å². The van der Waals surface area contributed by atoms with E-state index in [1.54, 1.807) is 7.11 Å². The van der Waals surface area contributed by atoms with Crippen molar-refractivity contribution < 1.29 is 22.3 Å². The third kappa shape index (κ3) is 5.17. The molecule has 1 N–H and O–H groups in total. The van der Waals surface area contributed by atoms with Crippen molar-refractivity contribution in [2.45, 2.75) is 31.1 Å². The summed E-state index contributed by atoms with van der Waals surface area (Å²) < 4.78 is 45.5. The van der Waals surface area contributed by atoms with Crippen molar-refractivity contribution in [2.24, 2.45) is 5.92 Å². The van der Waals surface area contributed by atoms with Crippen LogP contribution in [-0.2, 0) is 21.2 Å². The van der Waals surface area contributed by atoms with Crippen molar-refractivity contribution in [3.63, 3.8) is 0 Å². The normalized spacial score (nSPS) is 17.5. The quantitative estimate of drug-likeness (QED) is 0.727. The highest BCUT2D eigenvalue weighted by Gasteiger charge is 2.33. The number of nitrogens with one attached hydrogen (secondary N) is 1. The number of sulfonamides is 1. The average molecular weight is 435 g/mol. The number of ether oxygens (including phenoxy) is 1. The number of benzene rings is 2. The lowest BCUT2D eigenvalue weighted by Gasteiger charge is -2.31. The molecule has 0 radical (unpaired) electrons. The molecule has 2 aromatic carbocycles. The number of hydrogen-bond acceptors (Lipinski definition) is 4. The zero-order valence-corrected chi connectivity index (χ0v) is 18.0. The van der Waals surface area contributed by atoms with Gasteiger partial charge in [-0.1, -0.05) is 17.7 Å². The van der Waals surface area contributed by atoms with Crippen LogP contribution in [0.15, 0.2) is 47.4 Å². The molecule has 162 valence electrons. The van der Waals surface area contributed by atoms with Crippen LogP contribution in [0.3, 0.4) is 0 Å². The SMILES string of the molecule is COc1ccc(C)cc1CCNC(=O)C1CCCN(S(=O)(=O)c2ccc(F)cc2)C1. The fraction of sp³-hybridized carbons (Fsp3) is 0.409. The first-order valence-corrected chi connectivity index (χ1v) is 11.4. The summed E-state index contributed by atoms with van der Waals surface area (Å²) in [4.78, 5) is 12.7. The van der Waals surface area contributed by atoms with Crippen LogP contribution in [0.25, 0.3) is 0 Å². The summed E-state index contributed by atoms with van der Waals surface area (Å²) in [7, 11) is -2.14. The topological polar surface area (TPSA) is 75.7 Å². The number of halogens is 1. The Kier molecular flexibility index (Phi) is 7.10. The van der Waals surface area contributed by atoms with Crippen LogP contribution in [0.4, 0.5) is 4.39 Å². The second-order valence-corrected chi connectivity index (χ2v) is 9.45. The molecule has 1 aliphatic rings. The van der Waals surface area contributed by atoms with Crippen LogP contribution in [-0.4, -0.2) is 45.4 Å². The molecule has 0 bridgehead atoms. The zero-order chi connectivity index (χ0) is 21.7. The number of carbonyl (C=O) groups is 1. The Hall–Kier alpha value is -2.45. The Morgan fingerprint density at radius 1 is 1.23 bits per heavy atom. The van der Waals surface area contributed by atoms with Gasteiger partial charge >= 0.3 is 0 Å². The molecule has 2 aromatic rings. The van der Waals surface area contributed by atoms with E-state index in [4.69, 9.17) is 4.74 Å². The molecule has 6 nitrogen and oxygen atoms in total. The van der Waals surface area contributed by atoms with E-state index >= 15 is 0 Å². The smallest absolute Gasteiger partial charge is 0.243 e. The number of piperidine rings is 1. The van der Waals surface area contributed by atoms with E-state index in [1.807, 2.05) is 25.1 Å². The summed E-state index contributed by atoms with van der Waals surface area (Å²) >= 11 is 0. The van der Waals surface area contributed by atoms with Crippen molar-refractivity contribution in [3.05, 3.63) is 59.4 Å². The molecule has 8 heteroatoms. The molecule has 3 rings (SSSR count). The van der Waals surface area contributed by atoms with Gasteiger partial charge in [-0.05, 0) is 62.1 Å². The molecule has 0 saturated carbocycles. The minimum atomic E-state index is -3.75. The van der Waals surface area contributed by atoms with Crippen LogP contribution in [0.2, 0.25) is 0 Å². The van der Waals surface area contributed by atoms with E-state index in [0.717, 1.165) is 29.0 Å². The fourth-order valence-corrected chi connectivity index (χ4v) is 5.22. The van der Waals surface area contributed by atoms with Gasteiger partial charge in [0.2, 0.25) is 15.9 Å². The summed E-state index contributed by atoms with van der Waals surface area (Å²) in [5.41, 5.74) is 2.13. The first-order valence-electron chi connectivity index (χ1n) is 9.98. The molecule has 0 spiro atoms. The van der Waals surface area contributed by atoms with Crippen molar-refractivity contribution in [1.82, 2.24) is 9.62 Å². The Labute approximate surface area is 177 Å². The molecule has 0 aliphatic carbocycles. The lowest BCUT2D eigenvalue weighted by Crippen LogP contribution is -2.45. The Morgan fingerprint density at radius 3 is 2.67 bits per heavy atom. The van der Waals surface area contributed by atoms with Crippen molar-refractivity contribution in [1.29, 1.82) is 0 Å². The number of hydrogen-bond donors (Lipinski definition) is 1. The van der Waals surface area contributed by atoms with Gasteiger partial charge in [-0.2, -0.15) is 4.31 Å². The summed E-state index contributed by atoms with van der Waals surface area (Å²) in [6, 6.07) is 10.7. The van der Waals surface area contributed by atoms with Gasteiger partial charge in [-0.15, -0.1) is 0 Å². The Morgan fingerprint density at radius 2 is 1.97 bits per heavy atom. The molecule has 1 amide bonds. The van der Waals surface area contributed by atoms with E-state index in [9.17, 15) is 17.6 Å². The molecule has 1 unspecified atom stereocenters. The maximum Gasteiger partial charge on any atom is 0.243 e. The lowest BCUT2D eigenvalue weighted by atomic mass is 9.98. The summed E-state index contributed by atoms with van der Waals surface area (Å²) in [6.07, 6.45) is 1.86. The largest absolute Gasteiger partial charge is 0.496 e. The van der Waals surface area contributed by atoms with Crippen LogP contribution in [0.1, 0.15) is 24.0 Å².